The van der Waals surface area contributed by atoms with Crippen molar-refractivity contribution in [1.29, 1.82) is 0 Å². The smallest absolute Gasteiger partial charge is 0.190 e. The number of hydrogen-bond acceptors (Lipinski definition) is 4. The Morgan fingerprint density at radius 2 is 2.11 bits per heavy atom. The van der Waals surface area contributed by atoms with Gasteiger partial charge in [-0.25, -0.2) is 4.98 Å². The molecule has 0 atom stereocenters. The number of aryl methyl sites for hydroxylation is 1. The van der Waals surface area contributed by atoms with Gasteiger partial charge >= 0.3 is 0 Å². The zero-order valence-electron chi connectivity index (χ0n) is 10.8. The summed E-state index contributed by atoms with van der Waals surface area (Å²) in [5.41, 5.74) is 0.766. The number of imidazole rings is 1. The topological polar surface area (TPSA) is 61.2 Å². The van der Waals surface area contributed by atoms with Gasteiger partial charge in [0.25, 0.3) is 0 Å². The zero-order chi connectivity index (χ0) is 13.8. The number of ketones is 2. The molecule has 0 aliphatic carbocycles. The Kier molecular flexibility index (Phi) is 3.75. The van der Waals surface area contributed by atoms with E-state index >= 15 is 0 Å². The monoisotopic (exact) mass is 258 g/mol. The maximum Gasteiger partial charge on any atom is 0.190 e. The van der Waals surface area contributed by atoms with Crippen LogP contribution in [0, 0.1) is 0 Å². The van der Waals surface area contributed by atoms with E-state index in [4.69, 9.17) is 4.74 Å². The lowest BCUT2D eigenvalue weighted by molar-refractivity contribution is 0.0891. The quantitative estimate of drug-likeness (QED) is 0.607. The van der Waals surface area contributed by atoms with E-state index in [1.54, 1.807) is 42.1 Å². The van der Waals surface area contributed by atoms with Crippen LogP contribution in [0.3, 0.4) is 0 Å². The maximum absolute atomic E-state index is 12.0. The summed E-state index contributed by atoms with van der Waals surface area (Å²) in [7, 11) is 3.30. The van der Waals surface area contributed by atoms with E-state index in [2.05, 4.69) is 4.98 Å². The van der Waals surface area contributed by atoms with Crippen molar-refractivity contribution in [2.75, 3.05) is 7.11 Å². The molecular weight excluding hydrogens is 244 g/mol. The molecule has 98 valence electrons. The highest BCUT2D eigenvalue weighted by Gasteiger charge is 2.15. The first kappa shape index (κ1) is 13.0. The minimum atomic E-state index is -0.284. The molecule has 1 aromatic heterocycles. The molecule has 5 heteroatoms. The first-order valence-corrected chi connectivity index (χ1v) is 5.78. The van der Waals surface area contributed by atoms with Crippen LogP contribution >= 0.6 is 0 Å². The average Bonchev–Trinajstić information content (AvgIpc) is 2.85. The van der Waals surface area contributed by atoms with Crippen LogP contribution in [-0.4, -0.2) is 28.2 Å². The molecule has 0 saturated heterocycles. The summed E-state index contributed by atoms with van der Waals surface area (Å²) < 4.78 is 6.72. The van der Waals surface area contributed by atoms with Gasteiger partial charge in [0.05, 0.1) is 19.9 Å². The van der Waals surface area contributed by atoms with Crippen LogP contribution in [0.5, 0.6) is 5.75 Å². The van der Waals surface area contributed by atoms with Gasteiger partial charge in [0, 0.05) is 18.8 Å². The normalized spacial score (nSPS) is 10.2. The fourth-order valence-electron chi connectivity index (χ4n) is 1.69. The highest BCUT2D eigenvalue weighted by Crippen LogP contribution is 2.15. The predicted molar refractivity (Wildman–Crippen MR) is 69.5 cm³/mol. The lowest BCUT2D eigenvalue weighted by Crippen LogP contribution is -2.09. The molecule has 1 heterocycles. The Hall–Kier alpha value is -2.43. The van der Waals surface area contributed by atoms with E-state index in [9.17, 15) is 9.59 Å². The summed E-state index contributed by atoms with van der Waals surface area (Å²) in [4.78, 5) is 27.8. The van der Waals surface area contributed by atoms with Gasteiger partial charge < -0.3 is 9.30 Å². The molecule has 0 unspecified atom stereocenters. The number of rotatable bonds is 5. The number of nitrogens with zero attached hydrogens (tertiary/aromatic N) is 2. The van der Waals surface area contributed by atoms with Crippen LogP contribution in [0.1, 0.15) is 27.3 Å². The van der Waals surface area contributed by atoms with Gasteiger partial charge in [0.1, 0.15) is 11.4 Å². The lowest BCUT2D eigenvalue weighted by atomic mass is 10.0. The van der Waals surface area contributed by atoms with E-state index in [1.807, 2.05) is 0 Å². The van der Waals surface area contributed by atoms with Gasteiger partial charge in [-0.2, -0.15) is 0 Å². The molecule has 0 radical (unpaired) electrons. The number of ether oxygens (including phenoxy) is 1. The van der Waals surface area contributed by atoms with Gasteiger partial charge in [-0.05, 0) is 12.1 Å². The molecular formula is C14H14N2O3. The molecule has 0 N–H and O–H groups in total. The van der Waals surface area contributed by atoms with Crippen LogP contribution in [-0.2, 0) is 7.05 Å². The lowest BCUT2D eigenvalue weighted by Gasteiger charge is -2.02. The van der Waals surface area contributed by atoms with Gasteiger partial charge in [0.2, 0.25) is 0 Å². The zero-order valence-corrected chi connectivity index (χ0v) is 10.8. The SMILES string of the molecule is COc1cccc(C(=O)CC(=O)c2cn(C)cn2)c1. The van der Waals surface area contributed by atoms with Crippen molar-refractivity contribution >= 4 is 11.6 Å². The van der Waals surface area contributed by atoms with Gasteiger partial charge in [-0.3, -0.25) is 9.59 Å². The average molecular weight is 258 g/mol. The van der Waals surface area contributed by atoms with Gasteiger partial charge in [-0.15, -0.1) is 0 Å². The molecule has 0 aliphatic rings. The first-order chi connectivity index (χ1) is 9.10. The molecule has 19 heavy (non-hydrogen) atoms. The molecule has 0 amide bonds. The Labute approximate surface area is 110 Å². The largest absolute Gasteiger partial charge is 0.497 e. The van der Waals surface area contributed by atoms with Crippen molar-refractivity contribution in [3.8, 4) is 5.75 Å². The van der Waals surface area contributed by atoms with E-state index in [-0.39, 0.29) is 18.0 Å². The van der Waals surface area contributed by atoms with Crippen molar-refractivity contribution < 1.29 is 14.3 Å². The molecule has 2 aromatic rings. The van der Waals surface area contributed by atoms with Gasteiger partial charge in [-0.1, -0.05) is 12.1 Å². The highest BCUT2D eigenvalue weighted by atomic mass is 16.5. The number of methoxy groups -OCH3 is 1. The molecule has 5 nitrogen and oxygen atoms in total. The number of benzene rings is 1. The Balaban J connectivity index is 2.10. The Bertz CT molecular complexity index is 617. The Morgan fingerprint density at radius 1 is 1.32 bits per heavy atom. The van der Waals surface area contributed by atoms with E-state index in [0.717, 1.165) is 0 Å². The van der Waals surface area contributed by atoms with E-state index < -0.39 is 0 Å². The van der Waals surface area contributed by atoms with E-state index in [1.165, 1.54) is 13.4 Å². The number of carbonyl (C=O) groups is 2. The molecule has 0 aliphatic heterocycles. The fourth-order valence-corrected chi connectivity index (χ4v) is 1.69. The molecule has 1 aromatic carbocycles. The van der Waals surface area contributed by atoms with E-state index in [0.29, 0.717) is 17.0 Å². The number of hydrogen-bond donors (Lipinski definition) is 0. The fraction of sp³-hybridized carbons (Fsp3) is 0.214. The van der Waals surface area contributed by atoms with Crippen LogP contribution in [0.25, 0.3) is 0 Å². The summed E-state index contributed by atoms with van der Waals surface area (Å²) in [5.74, 6) is 0.0686. The second-order valence-electron chi connectivity index (χ2n) is 4.18. The van der Waals surface area contributed by atoms with Crippen LogP contribution in [0.4, 0.5) is 0 Å². The number of Topliss-reactive ketones (excluding diaryl/α,β-unsaturated/α-hetero) is 2. The van der Waals surface area contributed by atoms with Gasteiger partial charge in [0.15, 0.2) is 11.6 Å². The third kappa shape index (κ3) is 3.07. The van der Waals surface area contributed by atoms with Crippen molar-refractivity contribution in [2.24, 2.45) is 7.05 Å². The molecule has 0 bridgehead atoms. The summed E-state index contributed by atoms with van der Waals surface area (Å²) in [6, 6.07) is 6.75. The number of carbonyl (C=O) groups excluding carboxylic acids is 2. The van der Waals surface area contributed by atoms with Crippen molar-refractivity contribution in [1.82, 2.24) is 9.55 Å². The first-order valence-electron chi connectivity index (χ1n) is 5.78. The highest BCUT2D eigenvalue weighted by molar-refractivity contribution is 6.12. The minimum Gasteiger partial charge on any atom is -0.497 e. The summed E-state index contributed by atoms with van der Waals surface area (Å²) in [6.07, 6.45) is 2.94. The molecule has 2 rings (SSSR count). The number of aromatic nitrogens is 2. The molecule has 0 spiro atoms. The maximum atomic E-state index is 12.0. The van der Waals surface area contributed by atoms with Crippen molar-refractivity contribution in [3.63, 3.8) is 0 Å². The third-order valence-corrected chi connectivity index (χ3v) is 2.70. The second kappa shape index (κ2) is 5.48. The second-order valence-corrected chi connectivity index (χ2v) is 4.18. The van der Waals surface area contributed by atoms with Crippen molar-refractivity contribution in [3.05, 3.63) is 48.0 Å². The van der Waals surface area contributed by atoms with Crippen molar-refractivity contribution in [2.45, 2.75) is 6.42 Å². The molecule has 0 fully saturated rings. The summed E-state index contributed by atoms with van der Waals surface area (Å²) in [5, 5.41) is 0. The summed E-state index contributed by atoms with van der Waals surface area (Å²) >= 11 is 0. The third-order valence-electron chi connectivity index (χ3n) is 2.70. The minimum absolute atomic E-state index is 0.190. The predicted octanol–water partition coefficient (Wildman–Crippen LogP) is 1.88. The standard InChI is InChI=1S/C14H14N2O3/c1-16-8-12(15-9-16)14(18)7-13(17)10-4-3-5-11(6-10)19-2/h3-6,8-9H,7H2,1-2H3. The summed E-state index contributed by atoms with van der Waals surface area (Å²) in [6.45, 7) is 0. The van der Waals surface area contributed by atoms with Crippen LogP contribution in [0.15, 0.2) is 36.8 Å². The van der Waals surface area contributed by atoms with Crippen LogP contribution in [0.2, 0.25) is 0 Å². The van der Waals surface area contributed by atoms with Crippen LogP contribution < -0.4 is 4.74 Å². The Morgan fingerprint density at radius 3 is 2.74 bits per heavy atom. The molecule has 0 saturated carbocycles.